The van der Waals surface area contributed by atoms with Crippen LogP contribution in [0.3, 0.4) is 0 Å². The van der Waals surface area contributed by atoms with Crippen molar-refractivity contribution in [3.05, 3.63) is 35.9 Å². The van der Waals surface area contributed by atoms with E-state index in [1.54, 1.807) is 44.2 Å². The highest BCUT2D eigenvalue weighted by atomic mass is 16.6. The molecular weight excluding hydrogens is 362 g/mol. The summed E-state index contributed by atoms with van der Waals surface area (Å²) < 4.78 is 15.2. The quantitative estimate of drug-likeness (QED) is 0.460. The molecular formula is C21H29NO6. The van der Waals surface area contributed by atoms with Crippen molar-refractivity contribution in [1.29, 1.82) is 0 Å². The Labute approximate surface area is 166 Å². The molecule has 0 aliphatic carbocycles. The van der Waals surface area contributed by atoms with Crippen molar-refractivity contribution in [3.63, 3.8) is 0 Å². The van der Waals surface area contributed by atoms with Crippen LogP contribution in [0.15, 0.2) is 30.3 Å². The van der Waals surface area contributed by atoms with Gasteiger partial charge in [0.05, 0.1) is 6.61 Å². The number of hydrogen-bond acceptors (Lipinski definition) is 6. The van der Waals surface area contributed by atoms with Gasteiger partial charge < -0.3 is 19.5 Å². The van der Waals surface area contributed by atoms with Crippen molar-refractivity contribution >= 4 is 29.6 Å². The second-order valence-corrected chi connectivity index (χ2v) is 6.56. The van der Waals surface area contributed by atoms with Crippen LogP contribution in [0.2, 0.25) is 0 Å². The third kappa shape index (κ3) is 9.87. The summed E-state index contributed by atoms with van der Waals surface area (Å²) in [5, 5.41) is 2.63. The summed E-state index contributed by atoms with van der Waals surface area (Å²) in [6.45, 7) is 7.88. The fourth-order valence-corrected chi connectivity index (χ4v) is 2.03. The zero-order chi connectivity index (χ0) is 20.9. The molecule has 1 rings (SSSR count). The largest absolute Gasteiger partial charge is 0.463 e. The monoisotopic (exact) mass is 391 g/mol. The molecule has 0 saturated heterocycles. The van der Waals surface area contributed by atoms with Gasteiger partial charge in [-0.05, 0) is 50.0 Å². The predicted molar refractivity (Wildman–Crippen MR) is 107 cm³/mol. The zero-order valence-electron chi connectivity index (χ0n) is 16.9. The van der Waals surface area contributed by atoms with Gasteiger partial charge in [-0.15, -0.1) is 0 Å². The molecule has 1 aromatic rings. The summed E-state index contributed by atoms with van der Waals surface area (Å²) in [4.78, 5) is 35.0. The SMILES string of the molecule is CCOC(=O)/C=C/c1ccc(NC(=O)COC(=O)C(C)OCCC(C)C)cc1. The number of anilines is 1. The van der Waals surface area contributed by atoms with Crippen molar-refractivity contribution in [2.75, 3.05) is 25.1 Å². The Kier molecular flexibility index (Phi) is 10.6. The van der Waals surface area contributed by atoms with E-state index in [9.17, 15) is 14.4 Å². The van der Waals surface area contributed by atoms with Crippen molar-refractivity contribution < 1.29 is 28.6 Å². The highest BCUT2D eigenvalue weighted by Gasteiger charge is 2.16. The predicted octanol–water partition coefficient (Wildman–Crippen LogP) is 3.20. The lowest BCUT2D eigenvalue weighted by Crippen LogP contribution is -2.28. The van der Waals surface area contributed by atoms with E-state index in [0.29, 0.717) is 24.8 Å². The number of rotatable bonds is 11. The third-order valence-electron chi connectivity index (χ3n) is 3.63. The molecule has 1 N–H and O–H groups in total. The van der Waals surface area contributed by atoms with Gasteiger partial charge in [0.2, 0.25) is 0 Å². The lowest BCUT2D eigenvalue weighted by Gasteiger charge is -2.13. The average molecular weight is 391 g/mol. The van der Waals surface area contributed by atoms with Crippen molar-refractivity contribution in [2.45, 2.75) is 40.2 Å². The molecule has 1 unspecified atom stereocenters. The van der Waals surface area contributed by atoms with Gasteiger partial charge in [-0.25, -0.2) is 9.59 Å². The first-order chi connectivity index (χ1) is 13.3. The summed E-state index contributed by atoms with van der Waals surface area (Å²) in [5.74, 6) is -0.943. The molecule has 154 valence electrons. The number of carbonyl (C=O) groups excluding carboxylic acids is 3. The van der Waals surface area contributed by atoms with E-state index >= 15 is 0 Å². The van der Waals surface area contributed by atoms with Gasteiger partial charge in [0.25, 0.3) is 5.91 Å². The van der Waals surface area contributed by atoms with Crippen LogP contribution in [-0.2, 0) is 28.6 Å². The summed E-state index contributed by atoms with van der Waals surface area (Å²) in [7, 11) is 0. The van der Waals surface area contributed by atoms with Crippen LogP contribution in [-0.4, -0.2) is 43.8 Å². The standard InChI is InChI=1S/C21H29NO6/c1-5-26-20(24)11-8-17-6-9-18(10-7-17)22-19(23)14-28-21(25)16(4)27-13-12-15(2)3/h6-11,15-16H,5,12-14H2,1-4H3,(H,22,23)/b11-8+. The van der Waals surface area contributed by atoms with Crippen LogP contribution >= 0.6 is 0 Å². The van der Waals surface area contributed by atoms with E-state index in [4.69, 9.17) is 14.2 Å². The second kappa shape index (κ2) is 12.7. The van der Waals surface area contributed by atoms with Crippen LogP contribution in [0.25, 0.3) is 6.08 Å². The Morgan fingerprint density at radius 1 is 1.07 bits per heavy atom. The van der Waals surface area contributed by atoms with Gasteiger partial charge in [-0.3, -0.25) is 4.79 Å². The molecule has 0 fully saturated rings. The van der Waals surface area contributed by atoms with Gasteiger partial charge >= 0.3 is 11.9 Å². The molecule has 1 aromatic carbocycles. The molecule has 0 saturated carbocycles. The van der Waals surface area contributed by atoms with Crippen molar-refractivity contribution in [3.8, 4) is 0 Å². The molecule has 0 aliphatic rings. The lowest BCUT2D eigenvalue weighted by molar-refractivity contribution is -0.158. The van der Waals surface area contributed by atoms with E-state index in [0.717, 1.165) is 12.0 Å². The molecule has 0 spiro atoms. The van der Waals surface area contributed by atoms with Gasteiger partial charge in [-0.1, -0.05) is 26.0 Å². The van der Waals surface area contributed by atoms with Crippen LogP contribution < -0.4 is 5.32 Å². The van der Waals surface area contributed by atoms with Gasteiger partial charge in [0.15, 0.2) is 12.7 Å². The Morgan fingerprint density at radius 2 is 1.75 bits per heavy atom. The minimum Gasteiger partial charge on any atom is -0.463 e. The molecule has 0 bridgehead atoms. The summed E-state index contributed by atoms with van der Waals surface area (Å²) >= 11 is 0. The van der Waals surface area contributed by atoms with Gasteiger partial charge in [0, 0.05) is 18.4 Å². The maximum atomic E-state index is 11.9. The smallest absolute Gasteiger partial charge is 0.335 e. The Bertz CT molecular complexity index is 666. The maximum Gasteiger partial charge on any atom is 0.335 e. The Hall–Kier alpha value is -2.67. The van der Waals surface area contributed by atoms with E-state index < -0.39 is 23.9 Å². The average Bonchev–Trinajstić information content (AvgIpc) is 2.65. The molecule has 0 radical (unpaired) electrons. The van der Waals surface area contributed by atoms with Crippen LogP contribution in [0, 0.1) is 5.92 Å². The highest BCUT2D eigenvalue weighted by Crippen LogP contribution is 2.11. The first-order valence-electron chi connectivity index (χ1n) is 9.34. The first kappa shape index (κ1) is 23.4. The Balaban J connectivity index is 2.38. The van der Waals surface area contributed by atoms with Crippen molar-refractivity contribution in [2.24, 2.45) is 5.92 Å². The molecule has 0 heterocycles. The fraction of sp³-hybridized carbons (Fsp3) is 0.476. The molecule has 0 aromatic heterocycles. The normalized spacial score (nSPS) is 12.0. The number of amides is 1. The van der Waals surface area contributed by atoms with Crippen LogP contribution in [0.1, 0.15) is 39.7 Å². The minimum atomic E-state index is -0.711. The molecule has 0 aliphatic heterocycles. The number of hydrogen-bond donors (Lipinski definition) is 1. The third-order valence-corrected chi connectivity index (χ3v) is 3.63. The van der Waals surface area contributed by atoms with E-state index in [2.05, 4.69) is 19.2 Å². The number of nitrogens with one attached hydrogen (secondary N) is 1. The molecule has 7 heteroatoms. The number of carbonyl (C=O) groups is 3. The van der Waals surface area contributed by atoms with Gasteiger partial charge in [-0.2, -0.15) is 0 Å². The number of benzene rings is 1. The number of ether oxygens (including phenoxy) is 3. The summed E-state index contributed by atoms with van der Waals surface area (Å²) in [6.07, 6.45) is 3.09. The molecule has 28 heavy (non-hydrogen) atoms. The highest BCUT2D eigenvalue weighted by molar-refractivity contribution is 5.93. The minimum absolute atomic E-state index is 0.321. The van der Waals surface area contributed by atoms with Crippen molar-refractivity contribution in [1.82, 2.24) is 0 Å². The van der Waals surface area contributed by atoms with Crippen LogP contribution in [0.4, 0.5) is 5.69 Å². The summed E-state index contributed by atoms with van der Waals surface area (Å²) in [6, 6.07) is 6.84. The first-order valence-corrected chi connectivity index (χ1v) is 9.34. The summed E-state index contributed by atoms with van der Waals surface area (Å²) in [5.41, 5.74) is 1.33. The maximum absolute atomic E-state index is 11.9. The lowest BCUT2D eigenvalue weighted by atomic mass is 10.1. The molecule has 1 atom stereocenters. The van der Waals surface area contributed by atoms with E-state index in [1.165, 1.54) is 6.08 Å². The zero-order valence-corrected chi connectivity index (χ0v) is 16.9. The fourth-order valence-electron chi connectivity index (χ4n) is 2.03. The molecule has 7 nitrogen and oxygen atoms in total. The molecule has 1 amide bonds. The Morgan fingerprint density at radius 3 is 2.36 bits per heavy atom. The van der Waals surface area contributed by atoms with E-state index in [-0.39, 0.29) is 6.61 Å². The second-order valence-electron chi connectivity index (χ2n) is 6.56. The van der Waals surface area contributed by atoms with Crippen LogP contribution in [0.5, 0.6) is 0 Å². The van der Waals surface area contributed by atoms with Gasteiger partial charge in [0.1, 0.15) is 0 Å². The number of esters is 2. The topological polar surface area (TPSA) is 90.9 Å². The van der Waals surface area contributed by atoms with E-state index in [1.807, 2.05) is 0 Å².